The first kappa shape index (κ1) is 7.35. The first-order valence-electron chi connectivity index (χ1n) is 3.04. The molecule has 0 aromatic carbocycles. The Kier molecular flexibility index (Phi) is 1.98. The molecule has 0 spiro atoms. The Hall–Kier alpha value is -0.310. The van der Waals surface area contributed by atoms with E-state index in [9.17, 15) is 0 Å². The zero-order valence-electron chi connectivity index (χ0n) is 5.50. The number of rotatable bonds is 1. The molecule has 0 nitrogen and oxygen atoms in total. The highest BCUT2D eigenvalue weighted by molar-refractivity contribution is 7.14. The van der Waals surface area contributed by atoms with Crippen molar-refractivity contribution in [1.29, 1.82) is 0 Å². The fourth-order valence-corrected chi connectivity index (χ4v) is 2.54. The molecule has 0 N–H and O–H groups in total. The molecule has 0 unspecified atom stereocenters. The minimum atomic E-state index is 0.810. The van der Waals surface area contributed by atoms with Gasteiger partial charge in [0.2, 0.25) is 0 Å². The topological polar surface area (TPSA) is 0 Å². The predicted molar refractivity (Wildman–Crippen MR) is 51.5 cm³/mol. The minimum absolute atomic E-state index is 0.810. The van der Waals surface area contributed by atoms with Crippen molar-refractivity contribution >= 4 is 34.3 Å². The van der Waals surface area contributed by atoms with E-state index in [1.54, 1.807) is 22.7 Å². The van der Waals surface area contributed by atoms with Crippen molar-refractivity contribution in [2.45, 2.75) is 0 Å². The third-order valence-electron chi connectivity index (χ3n) is 1.30. The summed E-state index contributed by atoms with van der Waals surface area (Å²) in [6, 6.07) is 5.10. The van der Waals surface area contributed by atoms with E-state index >= 15 is 0 Å². The van der Waals surface area contributed by atoms with Crippen LogP contribution in [0.1, 0.15) is 0 Å². The van der Waals surface area contributed by atoms with Crippen molar-refractivity contribution in [3.63, 3.8) is 0 Å². The molecular formula is C8H4ClS2. The smallest absolute Gasteiger partial charge is 0.0519 e. The summed E-state index contributed by atoms with van der Waals surface area (Å²) in [7, 11) is 0. The quantitative estimate of drug-likeness (QED) is 0.653. The Morgan fingerprint density at radius 3 is 2.82 bits per heavy atom. The lowest BCUT2D eigenvalue weighted by Crippen LogP contribution is -1.59. The molecule has 2 aromatic rings. The summed E-state index contributed by atoms with van der Waals surface area (Å²) in [4.78, 5) is 1.19. The molecule has 2 rings (SSSR count). The molecule has 1 radical (unpaired) electrons. The lowest BCUT2D eigenvalue weighted by molar-refractivity contribution is 1.87. The molecule has 0 saturated heterocycles. The summed E-state index contributed by atoms with van der Waals surface area (Å²) < 4.78 is 0. The molecule has 0 aliphatic heterocycles. The van der Waals surface area contributed by atoms with E-state index in [-0.39, 0.29) is 0 Å². The van der Waals surface area contributed by atoms with Crippen LogP contribution in [0.25, 0.3) is 10.4 Å². The van der Waals surface area contributed by atoms with E-state index in [0.717, 1.165) is 10.6 Å². The second-order valence-corrected chi connectivity index (χ2v) is 4.15. The second-order valence-electron chi connectivity index (χ2n) is 2.06. The highest BCUT2D eigenvalue weighted by Gasteiger charge is 2.00. The Labute approximate surface area is 78.1 Å². The predicted octanol–water partition coefficient (Wildman–Crippen LogP) is 3.93. The summed E-state index contributed by atoms with van der Waals surface area (Å²) in [5.74, 6) is 0. The minimum Gasteiger partial charge on any atom is -0.151 e. The molecule has 11 heavy (non-hydrogen) atoms. The van der Waals surface area contributed by atoms with Gasteiger partial charge in [-0.3, -0.25) is 0 Å². The monoisotopic (exact) mass is 199 g/mol. The van der Waals surface area contributed by atoms with Gasteiger partial charge in [-0.15, -0.1) is 11.3 Å². The van der Waals surface area contributed by atoms with Gasteiger partial charge in [0.1, 0.15) is 0 Å². The van der Waals surface area contributed by atoms with Crippen molar-refractivity contribution in [3.8, 4) is 10.4 Å². The standard InChI is InChI=1S/C8H4ClS2/c9-7-3-8(11-5-7)6-1-2-10-4-6/h2-5H. The van der Waals surface area contributed by atoms with Gasteiger partial charge in [0, 0.05) is 21.9 Å². The fourth-order valence-electron chi connectivity index (χ4n) is 0.817. The van der Waals surface area contributed by atoms with E-state index in [1.165, 1.54) is 4.88 Å². The van der Waals surface area contributed by atoms with Gasteiger partial charge in [-0.05, 0) is 16.8 Å². The average Bonchev–Trinajstić information content (AvgIpc) is 2.55. The fraction of sp³-hybridized carbons (Fsp3) is 0. The zero-order valence-corrected chi connectivity index (χ0v) is 7.89. The van der Waals surface area contributed by atoms with Crippen LogP contribution >= 0.6 is 34.3 Å². The number of hydrogen-bond donors (Lipinski definition) is 0. The van der Waals surface area contributed by atoms with E-state index < -0.39 is 0 Å². The lowest BCUT2D eigenvalue weighted by Gasteiger charge is -1.85. The van der Waals surface area contributed by atoms with Gasteiger partial charge in [0.25, 0.3) is 0 Å². The second kappa shape index (κ2) is 2.97. The van der Waals surface area contributed by atoms with E-state index in [1.807, 2.05) is 16.8 Å². The number of thiophene rings is 2. The van der Waals surface area contributed by atoms with Crippen LogP contribution < -0.4 is 0 Å². The van der Waals surface area contributed by atoms with Crippen LogP contribution in [0.5, 0.6) is 0 Å². The molecule has 2 heterocycles. The van der Waals surface area contributed by atoms with Gasteiger partial charge < -0.3 is 0 Å². The van der Waals surface area contributed by atoms with Gasteiger partial charge in [-0.25, -0.2) is 0 Å². The Morgan fingerprint density at radius 2 is 2.27 bits per heavy atom. The normalized spacial score (nSPS) is 10.3. The molecule has 0 aliphatic rings. The van der Waals surface area contributed by atoms with Crippen molar-refractivity contribution in [2.75, 3.05) is 0 Å². The summed E-state index contributed by atoms with van der Waals surface area (Å²) in [6.45, 7) is 0. The summed E-state index contributed by atoms with van der Waals surface area (Å²) in [5, 5.41) is 6.76. The highest BCUT2D eigenvalue weighted by atomic mass is 35.5. The van der Waals surface area contributed by atoms with Crippen LogP contribution in [0.15, 0.2) is 22.2 Å². The van der Waals surface area contributed by atoms with Crippen LogP contribution in [-0.2, 0) is 0 Å². The van der Waals surface area contributed by atoms with Crippen LogP contribution in [0, 0.1) is 6.07 Å². The van der Waals surface area contributed by atoms with Gasteiger partial charge in [-0.2, -0.15) is 11.3 Å². The largest absolute Gasteiger partial charge is 0.151 e. The summed E-state index contributed by atoms with van der Waals surface area (Å²) in [6.07, 6.45) is 0. The van der Waals surface area contributed by atoms with Crippen molar-refractivity contribution in [3.05, 3.63) is 33.3 Å². The van der Waals surface area contributed by atoms with Gasteiger partial charge >= 0.3 is 0 Å². The van der Waals surface area contributed by atoms with Crippen molar-refractivity contribution in [2.24, 2.45) is 0 Å². The van der Waals surface area contributed by atoms with Crippen LogP contribution in [0.3, 0.4) is 0 Å². The SMILES string of the molecule is Clc1csc(-c2[c]csc2)c1. The van der Waals surface area contributed by atoms with Crippen molar-refractivity contribution in [1.82, 2.24) is 0 Å². The molecule has 0 amide bonds. The summed E-state index contributed by atoms with van der Waals surface area (Å²) in [5.41, 5.74) is 1.15. The Bertz CT molecular complexity index is 335. The number of halogens is 1. The summed E-state index contributed by atoms with van der Waals surface area (Å²) >= 11 is 9.08. The van der Waals surface area contributed by atoms with E-state index in [2.05, 4.69) is 11.4 Å². The van der Waals surface area contributed by atoms with E-state index in [4.69, 9.17) is 11.6 Å². The third kappa shape index (κ3) is 1.48. The van der Waals surface area contributed by atoms with Crippen LogP contribution in [-0.4, -0.2) is 0 Å². The van der Waals surface area contributed by atoms with E-state index in [0.29, 0.717) is 0 Å². The molecule has 55 valence electrons. The lowest BCUT2D eigenvalue weighted by atomic mass is 10.3. The average molecular weight is 200 g/mol. The van der Waals surface area contributed by atoms with Gasteiger partial charge in [0.15, 0.2) is 0 Å². The third-order valence-corrected chi connectivity index (χ3v) is 3.24. The first-order valence-corrected chi connectivity index (χ1v) is 5.24. The maximum atomic E-state index is 5.78. The Morgan fingerprint density at radius 1 is 1.36 bits per heavy atom. The Balaban J connectivity index is 2.45. The van der Waals surface area contributed by atoms with Gasteiger partial charge in [0.05, 0.1) is 5.02 Å². The molecular weight excluding hydrogens is 196 g/mol. The molecule has 2 aromatic heterocycles. The maximum absolute atomic E-state index is 5.78. The molecule has 0 bridgehead atoms. The molecule has 3 heteroatoms. The van der Waals surface area contributed by atoms with Crippen LogP contribution in [0.4, 0.5) is 0 Å². The number of hydrogen-bond acceptors (Lipinski definition) is 2. The first-order chi connectivity index (χ1) is 5.36. The van der Waals surface area contributed by atoms with Crippen LogP contribution in [0.2, 0.25) is 5.02 Å². The van der Waals surface area contributed by atoms with Gasteiger partial charge in [-0.1, -0.05) is 11.6 Å². The highest BCUT2D eigenvalue weighted by Crippen LogP contribution is 2.30. The molecule has 0 fully saturated rings. The zero-order chi connectivity index (χ0) is 7.68. The maximum Gasteiger partial charge on any atom is 0.0519 e. The van der Waals surface area contributed by atoms with Crippen molar-refractivity contribution < 1.29 is 0 Å². The molecule has 0 atom stereocenters. The molecule has 0 saturated carbocycles. The molecule has 0 aliphatic carbocycles.